The van der Waals surface area contributed by atoms with Gasteiger partial charge >= 0.3 is 0 Å². The van der Waals surface area contributed by atoms with Gasteiger partial charge in [0.2, 0.25) is 0 Å². The number of anilines is 2. The Labute approximate surface area is 149 Å². The fourth-order valence-corrected chi connectivity index (χ4v) is 3.21. The van der Waals surface area contributed by atoms with Gasteiger partial charge < -0.3 is 10.2 Å². The van der Waals surface area contributed by atoms with Gasteiger partial charge in [0.1, 0.15) is 16.7 Å². The second kappa shape index (κ2) is 7.27. The van der Waals surface area contributed by atoms with Gasteiger partial charge in [0, 0.05) is 19.8 Å². The molecule has 0 bridgehead atoms. The molecule has 24 heavy (non-hydrogen) atoms. The minimum absolute atomic E-state index is 0.711. The van der Waals surface area contributed by atoms with Crippen LogP contribution in [0.1, 0.15) is 13.8 Å². The Morgan fingerprint density at radius 1 is 1.25 bits per heavy atom. The molecule has 0 unspecified atom stereocenters. The summed E-state index contributed by atoms with van der Waals surface area (Å²) in [5, 5.41) is 12.9. The van der Waals surface area contributed by atoms with Crippen LogP contribution in [0.3, 0.4) is 0 Å². The molecular formula is C15H21BrN8. The Bertz CT molecular complexity index is 820. The molecule has 1 N–H and O–H groups in total. The summed E-state index contributed by atoms with van der Waals surface area (Å²) >= 11 is 3.47. The Kier molecular flexibility index (Phi) is 5.10. The molecule has 0 spiro atoms. The molecule has 9 heteroatoms. The van der Waals surface area contributed by atoms with Gasteiger partial charge in [0.15, 0.2) is 5.65 Å². The van der Waals surface area contributed by atoms with Crippen LogP contribution in [0.2, 0.25) is 0 Å². The van der Waals surface area contributed by atoms with Crippen LogP contribution in [0.15, 0.2) is 23.3 Å². The summed E-state index contributed by atoms with van der Waals surface area (Å²) in [5.74, 6) is 0.711. The maximum atomic E-state index is 4.41. The molecule has 0 saturated carbocycles. The predicted molar refractivity (Wildman–Crippen MR) is 97.3 cm³/mol. The van der Waals surface area contributed by atoms with Gasteiger partial charge in [-0.3, -0.25) is 4.68 Å². The molecule has 8 nitrogen and oxygen atoms in total. The normalized spacial score (nSPS) is 11.5. The number of aryl methyl sites for hydroxylation is 1. The van der Waals surface area contributed by atoms with Crippen molar-refractivity contribution >= 4 is 38.5 Å². The quantitative estimate of drug-likeness (QED) is 0.665. The molecule has 0 fully saturated rings. The molecule has 0 saturated heterocycles. The van der Waals surface area contributed by atoms with Crippen LogP contribution in [0.5, 0.6) is 0 Å². The first-order valence-corrected chi connectivity index (χ1v) is 8.76. The van der Waals surface area contributed by atoms with Crippen LogP contribution in [0.4, 0.5) is 11.5 Å². The highest BCUT2D eigenvalue weighted by atomic mass is 79.9. The van der Waals surface area contributed by atoms with Crippen LogP contribution in [-0.4, -0.2) is 54.1 Å². The molecule has 0 atom stereocenters. The number of aromatic nitrogens is 6. The topological polar surface area (TPSA) is 76.7 Å². The standard InChI is InChI=1S/C15H21BrN8/c1-4-23(5-2)6-7-24-9-11(8-19-24)20-14-12-13(16)21-22(3)15(12)18-10-17-14/h8-10H,4-7H2,1-3H3,(H,17,18,20). The zero-order chi connectivity index (χ0) is 17.1. The van der Waals surface area contributed by atoms with Crippen LogP contribution in [-0.2, 0) is 13.6 Å². The van der Waals surface area contributed by atoms with Crippen molar-refractivity contribution in [3.8, 4) is 0 Å². The zero-order valence-electron chi connectivity index (χ0n) is 14.1. The van der Waals surface area contributed by atoms with E-state index in [1.807, 2.05) is 17.9 Å². The molecule has 0 aromatic carbocycles. The Morgan fingerprint density at radius 3 is 2.79 bits per heavy atom. The SMILES string of the molecule is CCN(CC)CCn1cc(Nc2ncnc3c2c(Br)nn3C)cn1. The summed E-state index contributed by atoms with van der Waals surface area (Å²) in [5.41, 5.74) is 1.67. The zero-order valence-corrected chi connectivity index (χ0v) is 15.7. The van der Waals surface area contributed by atoms with Crippen LogP contribution in [0, 0.1) is 0 Å². The molecule has 0 aliphatic carbocycles. The van der Waals surface area contributed by atoms with Crippen molar-refractivity contribution in [1.29, 1.82) is 0 Å². The van der Waals surface area contributed by atoms with Crippen molar-refractivity contribution in [2.45, 2.75) is 20.4 Å². The highest BCUT2D eigenvalue weighted by Crippen LogP contribution is 2.28. The summed E-state index contributed by atoms with van der Waals surface area (Å²) in [6, 6.07) is 0. The average molecular weight is 393 g/mol. The summed E-state index contributed by atoms with van der Waals surface area (Å²) < 4.78 is 4.38. The number of nitrogens with one attached hydrogen (secondary N) is 1. The van der Waals surface area contributed by atoms with Gasteiger partial charge in [-0.25, -0.2) is 14.6 Å². The molecule has 0 aliphatic rings. The summed E-state index contributed by atoms with van der Waals surface area (Å²) in [7, 11) is 1.86. The predicted octanol–water partition coefficient (Wildman–Crippen LogP) is 2.41. The third-order valence-electron chi connectivity index (χ3n) is 4.01. The molecule has 3 aromatic heterocycles. The number of nitrogens with zero attached hydrogens (tertiary/aromatic N) is 7. The molecule has 0 aliphatic heterocycles. The Morgan fingerprint density at radius 2 is 2.04 bits per heavy atom. The number of halogens is 1. The van der Waals surface area contributed by atoms with Crippen molar-refractivity contribution in [2.75, 3.05) is 25.0 Å². The first-order valence-electron chi connectivity index (χ1n) is 7.97. The van der Waals surface area contributed by atoms with E-state index >= 15 is 0 Å². The van der Waals surface area contributed by atoms with Crippen molar-refractivity contribution in [3.05, 3.63) is 23.3 Å². The lowest BCUT2D eigenvalue weighted by atomic mass is 10.4. The van der Waals surface area contributed by atoms with E-state index in [0.717, 1.165) is 47.5 Å². The lowest BCUT2D eigenvalue weighted by Crippen LogP contribution is -2.27. The fourth-order valence-electron chi connectivity index (χ4n) is 2.61. The third-order valence-corrected chi connectivity index (χ3v) is 4.57. The molecule has 3 heterocycles. The monoisotopic (exact) mass is 392 g/mol. The van der Waals surface area contributed by atoms with E-state index in [0.29, 0.717) is 5.82 Å². The number of hydrogen-bond donors (Lipinski definition) is 1. The van der Waals surface area contributed by atoms with Crippen LogP contribution in [0.25, 0.3) is 11.0 Å². The van der Waals surface area contributed by atoms with Gasteiger partial charge in [-0.2, -0.15) is 10.2 Å². The number of fused-ring (bicyclic) bond motifs is 1. The van der Waals surface area contributed by atoms with Crippen molar-refractivity contribution in [3.63, 3.8) is 0 Å². The lowest BCUT2D eigenvalue weighted by molar-refractivity contribution is 0.285. The van der Waals surface area contributed by atoms with Gasteiger partial charge in [-0.05, 0) is 29.0 Å². The van der Waals surface area contributed by atoms with Crippen molar-refractivity contribution < 1.29 is 0 Å². The number of likely N-dealkylation sites (N-methyl/N-ethyl adjacent to an activating group) is 1. The van der Waals surface area contributed by atoms with E-state index in [9.17, 15) is 0 Å². The van der Waals surface area contributed by atoms with Gasteiger partial charge in [0.25, 0.3) is 0 Å². The molecule has 0 radical (unpaired) electrons. The average Bonchev–Trinajstić information content (AvgIpc) is 3.14. The van der Waals surface area contributed by atoms with E-state index in [4.69, 9.17) is 0 Å². The molecule has 0 amide bonds. The minimum Gasteiger partial charge on any atom is -0.337 e. The maximum Gasteiger partial charge on any atom is 0.164 e. The maximum absolute atomic E-state index is 4.41. The first kappa shape index (κ1) is 16.8. The number of hydrogen-bond acceptors (Lipinski definition) is 6. The second-order valence-corrected chi connectivity index (χ2v) is 6.23. The van der Waals surface area contributed by atoms with E-state index in [-0.39, 0.29) is 0 Å². The van der Waals surface area contributed by atoms with E-state index < -0.39 is 0 Å². The minimum atomic E-state index is 0.711. The molecule has 3 aromatic rings. The van der Waals surface area contributed by atoms with Crippen molar-refractivity contribution in [2.24, 2.45) is 7.05 Å². The summed E-state index contributed by atoms with van der Waals surface area (Å²) in [4.78, 5) is 11.0. The van der Waals surface area contributed by atoms with Crippen LogP contribution >= 0.6 is 15.9 Å². The highest BCUT2D eigenvalue weighted by molar-refractivity contribution is 9.10. The van der Waals surface area contributed by atoms with Gasteiger partial charge in [0.05, 0.1) is 23.8 Å². The summed E-state index contributed by atoms with van der Waals surface area (Å²) in [6.07, 6.45) is 5.33. The first-order chi connectivity index (χ1) is 11.6. The van der Waals surface area contributed by atoms with E-state index in [1.54, 1.807) is 10.9 Å². The summed E-state index contributed by atoms with van der Waals surface area (Å²) in [6.45, 7) is 8.30. The largest absolute Gasteiger partial charge is 0.337 e. The van der Waals surface area contributed by atoms with Gasteiger partial charge in [-0.15, -0.1) is 0 Å². The molecule has 3 rings (SSSR count). The number of rotatable bonds is 7. The van der Waals surface area contributed by atoms with E-state index in [1.165, 1.54) is 6.33 Å². The molecule has 128 valence electrons. The van der Waals surface area contributed by atoms with E-state index in [2.05, 4.69) is 60.2 Å². The van der Waals surface area contributed by atoms with Gasteiger partial charge in [-0.1, -0.05) is 13.8 Å². The van der Waals surface area contributed by atoms with Crippen molar-refractivity contribution in [1.82, 2.24) is 34.4 Å². The third kappa shape index (κ3) is 3.41. The molecular weight excluding hydrogens is 372 g/mol. The smallest absolute Gasteiger partial charge is 0.164 e. The van der Waals surface area contributed by atoms with Crippen LogP contribution < -0.4 is 5.32 Å². The highest BCUT2D eigenvalue weighted by Gasteiger charge is 2.14. The Hall–Kier alpha value is -2.00. The lowest BCUT2D eigenvalue weighted by Gasteiger charge is -2.17. The second-order valence-electron chi connectivity index (χ2n) is 5.48. The Balaban J connectivity index is 1.76. The fraction of sp³-hybridized carbons (Fsp3) is 0.467.